The lowest BCUT2D eigenvalue weighted by molar-refractivity contribution is -0.183. The number of hydrogen-bond acceptors (Lipinski definition) is 4. The molecule has 3 aromatic rings. The summed E-state index contributed by atoms with van der Waals surface area (Å²) in [5.74, 6) is -0.614. The van der Waals surface area contributed by atoms with Crippen LogP contribution in [0.5, 0.6) is 5.75 Å². The number of carbonyl (C=O) groups is 1. The molecule has 4 rings (SSSR count). The maximum Gasteiger partial charge on any atom is 0.422 e. The fourth-order valence-electron chi connectivity index (χ4n) is 3.87. The zero-order chi connectivity index (χ0) is 26.3. The van der Waals surface area contributed by atoms with Crippen LogP contribution in [-0.4, -0.2) is 41.6 Å². The van der Waals surface area contributed by atoms with E-state index in [0.717, 1.165) is 24.3 Å². The number of benzene rings is 2. The number of nitrogens with zero attached hydrogens (tertiary/aromatic N) is 2. The van der Waals surface area contributed by atoms with Gasteiger partial charge >= 0.3 is 6.18 Å². The van der Waals surface area contributed by atoms with E-state index in [1.54, 1.807) is 6.07 Å². The van der Waals surface area contributed by atoms with Crippen molar-refractivity contribution in [3.05, 3.63) is 77.5 Å². The number of para-hydroxylation sites is 1. The number of hydrogen-bond donors (Lipinski definition) is 1. The monoisotopic (exact) mass is 514 g/mol. The van der Waals surface area contributed by atoms with Gasteiger partial charge in [0.2, 0.25) is 5.60 Å². The highest BCUT2D eigenvalue weighted by atomic mass is 19.4. The highest BCUT2D eigenvalue weighted by molar-refractivity contribution is 6.11. The fourth-order valence-corrected chi connectivity index (χ4v) is 3.87. The van der Waals surface area contributed by atoms with Gasteiger partial charge in [-0.3, -0.25) is 9.78 Å². The van der Waals surface area contributed by atoms with Gasteiger partial charge in [-0.15, -0.1) is 0 Å². The van der Waals surface area contributed by atoms with Gasteiger partial charge in [-0.25, -0.2) is 17.6 Å². The lowest BCUT2D eigenvalue weighted by Crippen LogP contribution is -2.41. The number of amides is 1. The smallest absolute Gasteiger partial charge is 0.422 e. The number of carbonyl (C=O) groups excluding carboxylic acids is 1. The maximum absolute atomic E-state index is 13.1. The summed E-state index contributed by atoms with van der Waals surface area (Å²) in [4.78, 5) is 18.5. The van der Waals surface area contributed by atoms with E-state index in [-0.39, 0.29) is 34.8 Å². The van der Waals surface area contributed by atoms with E-state index < -0.39 is 42.7 Å². The number of alkyl halides is 7. The SMILES string of the molecule is O=C1c2ccnc(-c3ccccc3OCC(F)(F)F)c2CN1c1ccc(C(O)(C(F)F)C(F)F)cc1. The molecular formula is C24H17F7N2O3. The van der Waals surface area contributed by atoms with Crippen molar-refractivity contribution >= 4 is 11.6 Å². The Morgan fingerprint density at radius 3 is 2.19 bits per heavy atom. The van der Waals surface area contributed by atoms with E-state index in [1.165, 1.54) is 35.4 Å². The number of fused-ring (bicyclic) bond motifs is 1. The molecule has 36 heavy (non-hydrogen) atoms. The van der Waals surface area contributed by atoms with Gasteiger partial charge in [-0.2, -0.15) is 13.2 Å². The summed E-state index contributed by atoms with van der Waals surface area (Å²) in [5, 5.41) is 9.80. The Morgan fingerprint density at radius 1 is 0.944 bits per heavy atom. The van der Waals surface area contributed by atoms with Crippen LogP contribution in [0.3, 0.4) is 0 Å². The van der Waals surface area contributed by atoms with Crippen molar-refractivity contribution in [2.75, 3.05) is 11.5 Å². The van der Waals surface area contributed by atoms with Crippen molar-refractivity contribution in [3.8, 4) is 17.0 Å². The predicted molar refractivity (Wildman–Crippen MR) is 114 cm³/mol. The summed E-state index contributed by atoms with van der Waals surface area (Å²) in [7, 11) is 0. The second-order valence-corrected chi connectivity index (χ2v) is 7.95. The third-order valence-electron chi connectivity index (χ3n) is 5.69. The Kier molecular flexibility index (Phi) is 6.65. The molecule has 0 fully saturated rings. The molecule has 0 saturated heterocycles. The molecule has 0 bridgehead atoms. The summed E-state index contributed by atoms with van der Waals surface area (Å²) in [6.45, 7) is -1.61. The van der Waals surface area contributed by atoms with Gasteiger partial charge in [0.15, 0.2) is 6.61 Å². The number of halogens is 7. The molecule has 1 aliphatic rings. The largest absolute Gasteiger partial charge is 0.483 e. The van der Waals surface area contributed by atoms with Crippen LogP contribution in [0.15, 0.2) is 60.8 Å². The molecule has 2 aromatic carbocycles. The van der Waals surface area contributed by atoms with Gasteiger partial charge in [0.1, 0.15) is 5.75 Å². The van der Waals surface area contributed by atoms with E-state index in [2.05, 4.69) is 4.98 Å². The minimum absolute atomic E-state index is 0.0851. The Morgan fingerprint density at radius 2 is 1.58 bits per heavy atom. The Balaban J connectivity index is 1.66. The third kappa shape index (κ3) is 4.60. The van der Waals surface area contributed by atoms with Gasteiger partial charge in [0.05, 0.1) is 12.2 Å². The number of rotatable bonds is 7. The maximum atomic E-state index is 13.1. The first-order valence-electron chi connectivity index (χ1n) is 10.4. The average Bonchev–Trinajstić information content (AvgIpc) is 3.18. The first-order valence-corrected chi connectivity index (χ1v) is 10.4. The van der Waals surface area contributed by atoms with Crippen molar-refractivity contribution in [3.63, 3.8) is 0 Å². The second-order valence-electron chi connectivity index (χ2n) is 7.95. The highest BCUT2D eigenvalue weighted by Crippen LogP contribution is 2.39. The predicted octanol–water partition coefficient (Wildman–Crippen LogP) is 5.57. The minimum atomic E-state index is -4.57. The molecule has 0 saturated carbocycles. The van der Waals surface area contributed by atoms with Gasteiger partial charge in [-0.1, -0.05) is 24.3 Å². The van der Waals surface area contributed by atoms with Crippen LogP contribution in [0.25, 0.3) is 11.3 Å². The van der Waals surface area contributed by atoms with Crippen LogP contribution in [0, 0.1) is 0 Å². The molecule has 0 atom stereocenters. The molecule has 12 heteroatoms. The summed E-state index contributed by atoms with van der Waals surface area (Å²) in [6, 6.07) is 11.3. The number of pyridine rings is 1. The molecule has 0 unspecified atom stereocenters. The number of aromatic nitrogens is 1. The molecule has 0 spiro atoms. The summed E-state index contributed by atoms with van der Waals surface area (Å²) < 4.78 is 95.6. The normalized spacial score (nSPS) is 14.1. The van der Waals surface area contributed by atoms with Crippen LogP contribution < -0.4 is 9.64 Å². The number of aliphatic hydroxyl groups is 1. The minimum Gasteiger partial charge on any atom is -0.483 e. The molecule has 1 N–H and O–H groups in total. The van der Waals surface area contributed by atoms with Crippen LogP contribution in [0.2, 0.25) is 0 Å². The summed E-state index contributed by atoms with van der Waals surface area (Å²) in [6.07, 6.45) is -10.8. The molecule has 0 radical (unpaired) electrons. The van der Waals surface area contributed by atoms with Gasteiger partial charge in [-0.05, 0) is 35.9 Å². The van der Waals surface area contributed by atoms with Crippen LogP contribution in [0.4, 0.5) is 36.4 Å². The molecule has 2 heterocycles. The van der Waals surface area contributed by atoms with Gasteiger partial charge < -0.3 is 14.7 Å². The summed E-state index contributed by atoms with van der Waals surface area (Å²) in [5.41, 5.74) is -3.21. The molecule has 1 aliphatic heterocycles. The van der Waals surface area contributed by atoms with E-state index in [4.69, 9.17) is 4.74 Å². The van der Waals surface area contributed by atoms with Gasteiger partial charge in [0, 0.05) is 28.6 Å². The van der Waals surface area contributed by atoms with Crippen molar-refractivity contribution in [1.29, 1.82) is 0 Å². The molecule has 1 aromatic heterocycles. The molecule has 1 amide bonds. The van der Waals surface area contributed by atoms with Crippen LogP contribution in [-0.2, 0) is 12.1 Å². The molecule has 190 valence electrons. The second kappa shape index (κ2) is 9.41. The third-order valence-corrected chi connectivity index (χ3v) is 5.69. The standard InChI is InChI=1S/C24H17F7N2O3/c25-21(26)24(35,22(27)28)13-5-7-14(8-6-13)33-11-17-15(20(33)34)9-10-32-19(17)16-3-1-2-4-18(16)36-12-23(29,30)31/h1-10,21-22,35H,11-12H2. The van der Waals surface area contributed by atoms with Crippen molar-refractivity contribution in [2.45, 2.75) is 31.2 Å². The zero-order valence-electron chi connectivity index (χ0n) is 18.1. The van der Waals surface area contributed by atoms with Crippen LogP contribution in [0.1, 0.15) is 21.5 Å². The van der Waals surface area contributed by atoms with E-state index in [1.807, 2.05) is 0 Å². The lowest BCUT2D eigenvalue weighted by Gasteiger charge is -2.27. The highest BCUT2D eigenvalue weighted by Gasteiger charge is 2.48. The van der Waals surface area contributed by atoms with Crippen molar-refractivity contribution < 1.29 is 45.4 Å². The van der Waals surface area contributed by atoms with E-state index in [0.29, 0.717) is 5.56 Å². The molecule has 5 nitrogen and oxygen atoms in total. The van der Waals surface area contributed by atoms with Crippen molar-refractivity contribution in [1.82, 2.24) is 4.98 Å². The van der Waals surface area contributed by atoms with Crippen molar-refractivity contribution in [2.24, 2.45) is 0 Å². The fraction of sp³-hybridized carbons (Fsp3) is 0.250. The number of ether oxygens (including phenoxy) is 1. The Hall–Kier alpha value is -3.67. The van der Waals surface area contributed by atoms with E-state index >= 15 is 0 Å². The Bertz CT molecular complexity index is 1260. The molecular weight excluding hydrogens is 497 g/mol. The summed E-state index contributed by atoms with van der Waals surface area (Å²) >= 11 is 0. The average molecular weight is 514 g/mol. The quantitative estimate of drug-likeness (QED) is 0.419. The van der Waals surface area contributed by atoms with Crippen LogP contribution >= 0.6 is 0 Å². The van der Waals surface area contributed by atoms with E-state index in [9.17, 15) is 40.6 Å². The zero-order valence-corrected chi connectivity index (χ0v) is 18.1. The molecule has 0 aliphatic carbocycles. The topological polar surface area (TPSA) is 62.7 Å². The van der Waals surface area contributed by atoms with Gasteiger partial charge in [0.25, 0.3) is 18.8 Å². The first-order chi connectivity index (χ1) is 16.9. The number of anilines is 1. The lowest BCUT2D eigenvalue weighted by atomic mass is 9.94. The first kappa shape index (κ1) is 25.4. The Labute approximate surface area is 199 Å².